The van der Waals surface area contributed by atoms with Gasteiger partial charge in [0.1, 0.15) is 0 Å². The molecule has 0 radical (unpaired) electrons. The molecule has 4 nitrogen and oxygen atoms in total. The fourth-order valence-corrected chi connectivity index (χ4v) is 2.30. The largest absolute Gasteiger partial charge is 0.285 e. The molecular formula is C14H4N2O2. The fourth-order valence-electron chi connectivity index (χ4n) is 2.30. The highest BCUT2D eigenvalue weighted by Gasteiger charge is 2.32. The first-order chi connectivity index (χ1) is 8.69. The Morgan fingerprint density at radius 1 is 0.722 bits per heavy atom. The van der Waals surface area contributed by atoms with Gasteiger partial charge in [0.2, 0.25) is 11.6 Å². The lowest BCUT2D eigenvalue weighted by Crippen LogP contribution is -2.05. The molecule has 1 aliphatic carbocycles. The molecule has 0 N–H and O–H groups in total. The molecule has 0 aliphatic heterocycles. The van der Waals surface area contributed by atoms with Crippen molar-refractivity contribution in [1.29, 1.82) is 10.5 Å². The second kappa shape index (κ2) is 3.26. The van der Waals surface area contributed by atoms with E-state index >= 15 is 0 Å². The number of carbonyl (C=O) groups is 2. The van der Waals surface area contributed by atoms with E-state index in [0.29, 0.717) is 21.9 Å². The van der Waals surface area contributed by atoms with E-state index in [-0.39, 0.29) is 11.1 Å². The minimum atomic E-state index is -0.574. The first-order valence-corrected chi connectivity index (χ1v) is 5.18. The van der Waals surface area contributed by atoms with Crippen molar-refractivity contribution in [3.8, 4) is 12.1 Å². The van der Waals surface area contributed by atoms with Crippen LogP contribution >= 0.6 is 0 Å². The number of Topliss-reactive ketones (excluding diaryl/α,β-unsaturated/α-hetero) is 2. The predicted molar refractivity (Wildman–Crippen MR) is 62.0 cm³/mol. The molecule has 0 aromatic heterocycles. The van der Waals surface area contributed by atoms with Gasteiger partial charge in [0.15, 0.2) is 0 Å². The van der Waals surface area contributed by atoms with E-state index in [1.165, 1.54) is 24.3 Å². The van der Waals surface area contributed by atoms with Crippen LogP contribution in [0.15, 0.2) is 24.3 Å². The number of ketones is 2. The predicted octanol–water partition coefficient (Wildman–Crippen LogP) is 1.96. The molecule has 18 heavy (non-hydrogen) atoms. The zero-order chi connectivity index (χ0) is 12.9. The summed E-state index contributed by atoms with van der Waals surface area (Å²) in [5.41, 5.74) is 1.16. The third kappa shape index (κ3) is 1.02. The van der Waals surface area contributed by atoms with E-state index in [4.69, 9.17) is 10.5 Å². The Kier molecular flexibility index (Phi) is 1.84. The van der Waals surface area contributed by atoms with E-state index in [0.717, 1.165) is 0 Å². The quantitative estimate of drug-likeness (QED) is 0.650. The molecule has 0 bridgehead atoms. The zero-order valence-corrected chi connectivity index (χ0v) is 9.02. The summed E-state index contributed by atoms with van der Waals surface area (Å²) >= 11 is 0. The Morgan fingerprint density at radius 2 is 1.17 bits per heavy atom. The third-order valence-corrected chi connectivity index (χ3v) is 3.10. The van der Waals surface area contributed by atoms with E-state index in [1.807, 2.05) is 12.1 Å². The van der Waals surface area contributed by atoms with Crippen LogP contribution < -0.4 is 0 Å². The Morgan fingerprint density at radius 3 is 1.56 bits per heavy atom. The molecule has 0 unspecified atom stereocenters. The molecule has 82 valence electrons. The molecule has 0 atom stereocenters. The normalized spacial score (nSPS) is 12.6. The molecule has 0 fully saturated rings. The average molecular weight is 232 g/mol. The van der Waals surface area contributed by atoms with Gasteiger partial charge in [0.05, 0.1) is 23.3 Å². The van der Waals surface area contributed by atoms with Crippen molar-refractivity contribution in [2.45, 2.75) is 0 Å². The molecule has 0 saturated heterocycles. The van der Waals surface area contributed by atoms with Crippen LogP contribution in [0.3, 0.4) is 0 Å². The lowest BCUT2D eigenvalue weighted by atomic mass is 9.96. The van der Waals surface area contributed by atoms with Crippen LogP contribution in [0, 0.1) is 22.7 Å². The maximum Gasteiger partial charge on any atom is 0.234 e. The zero-order valence-electron chi connectivity index (χ0n) is 9.02. The van der Waals surface area contributed by atoms with Crippen molar-refractivity contribution < 1.29 is 9.59 Å². The van der Waals surface area contributed by atoms with Gasteiger partial charge in [-0.2, -0.15) is 10.5 Å². The fraction of sp³-hybridized carbons (Fsp3) is 0. The summed E-state index contributed by atoms with van der Waals surface area (Å²) in [6, 6.07) is 9.85. The number of nitriles is 2. The molecule has 3 rings (SSSR count). The van der Waals surface area contributed by atoms with Gasteiger partial charge in [-0.3, -0.25) is 9.59 Å². The van der Waals surface area contributed by atoms with Crippen LogP contribution in [0.25, 0.3) is 10.8 Å². The second-order valence-corrected chi connectivity index (χ2v) is 3.95. The minimum Gasteiger partial charge on any atom is -0.285 e. The average Bonchev–Trinajstić information content (AvgIpc) is 2.66. The Labute approximate surface area is 102 Å². The van der Waals surface area contributed by atoms with Crippen LogP contribution in [0.4, 0.5) is 0 Å². The smallest absolute Gasteiger partial charge is 0.234 e. The molecule has 0 amide bonds. The Bertz CT molecular complexity index is 769. The summed E-state index contributed by atoms with van der Waals surface area (Å²) < 4.78 is 0. The number of hydrogen-bond acceptors (Lipinski definition) is 4. The van der Waals surface area contributed by atoms with Crippen molar-refractivity contribution in [2.24, 2.45) is 0 Å². The highest BCUT2D eigenvalue weighted by atomic mass is 16.2. The standard InChI is InChI=1S/C14H4N2O2/c15-5-7-1-3-9-12-10(14(18)13(9)17)4-2-8(6-16)11(7)12/h1-4H. The summed E-state index contributed by atoms with van der Waals surface area (Å²) in [4.78, 5) is 23.5. The van der Waals surface area contributed by atoms with Crippen LogP contribution in [0.1, 0.15) is 31.8 Å². The first kappa shape index (κ1) is 10.2. The van der Waals surface area contributed by atoms with Crippen LogP contribution in [0.5, 0.6) is 0 Å². The van der Waals surface area contributed by atoms with Gasteiger partial charge in [-0.15, -0.1) is 0 Å². The van der Waals surface area contributed by atoms with Crippen molar-refractivity contribution in [2.75, 3.05) is 0 Å². The van der Waals surface area contributed by atoms with E-state index in [9.17, 15) is 9.59 Å². The molecule has 0 spiro atoms. The highest BCUT2D eigenvalue weighted by Crippen LogP contribution is 2.34. The van der Waals surface area contributed by atoms with Gasteiger partial charge in [-0.1, -0.05) is 0 Å². The topological polar surface area (TPSA) is 81.7 Å². The third-order valence-electron chi connectivity index (χ3n) is 3.10. The van der Waals surface area contributed by atoms with Crippen LogP contribution in [0.2, 0.25) is 0 Å². The number of benzene rings is 2. The first-order valence-electron chi connectivity index (χ1n) is 5.18. The van der Waals surface area contributed by atoms with Gasteiger partial charge < -0.3 is 0 Å². The van der Waals surface area contributed by atoms with Gasteiger partial charge >= 0.3 is 0 Å². The van der Waals surface area contributed by atoms with Crippen molar-refractivity contribution in [1.82, 2.24) is 0 Å². The monoisotopic (exact) mass is 232 g/mol. The minimum absolute atomic E-state index is 0.279. The SMILES string of the molecule is N#Cc1ccc2c3c(ccc(C#N)c13)C(=O)C2=O. The lowest BCUT2D eigenvalue weighted by molar-refractivity contribution is 0.0825. The number of carbonyl (C=O) groups excluding carboxylic acids is 2. The summed E-state index contributed by atoms with van der Waals surface area (Å²) in [5.74, 6) is -1.15. The van der Waals surface area contributed by atoms with Gasteiger partial charge in [0, 0.05) is 21.9 Å². The highest BCUT2D eigenvalue weighted by molar-refractivity contribution is 6.57. The Hall–Kier alpha value is -2.98. The lowest BCUT2D eigenvalue weighted by Gasteiger charge is -2.03. The van der Waals surface area contributed by atoms with Gasteiger partial charge in [-0.05, 0) is 24.3 Å². The number of nitrogens with zero attached hydrogens (tertiary/aromatic N) is 2. The van der Waals surface area contributed by atoms with Crippen LogP contribution in [-0.4, -0.2) is 11.6 Å². The molecule has 2 aromatic rings. The number of hydrogen-bond donors (Lipinski definition) is 0. The molecule has 0 heterocycles. The summed E-state index contributed by atoms with van der Waals surface area (Å²) in [6.45, 7) is 0. The maximum absolute atomic E-state index is 11.8. The van der Waals surface area contributed by atoms with E-state index in [1.54, 1.807) is 0 Å². The van der Waals surface area contributed by atoms with Crippen LogP contribution in [-0.2, 0) is 0 Å². The summed E-state index contributed by atoms with van der Waals surface area (Å²) in [5, 5.41) is 19.0. The molecular weight excluding hydrogens is 228 g/mol. The van der Waals surface area contributed by atoms with Crippen molar-refractivity contribution in [3.05, 3.63) is 46.5 Å². The maximum atomic E-state index is 11.8. The second-order valence-electron chi connectivity index (χ2n) is 3.95. The van der Waals surface area contributed by atoms with Gasteiger partial charge in [-0.25, -0.2) is 0 Å². The Balaban J connectivity index is 2.65. The number of rotatable bonds is 0. The summed E-state index contributed by atoms with van der Waals surface area (Å²) in [7, 11) is 0. The van der Waals surface area contributed by atoms with E-state index < -0.39 is 11.6 Å². The molecule has 4 heteroatoms. The van der Waals surface area contributed by atoms with E-state index in [2.05, 4.69) is 0 Å². The van der Waals surface area contributed by atoms with Crippen molar-refractivity contribution in [3.63, 3.8) is 0 Å². The van der Waals surface area contributed by atoms with Gasteiger partial charge in [0.25, 0.3) is 0 Å². The van der Waals surface area contributed by atoms with Crippen molar-refractivity contribution >= 4 is 22.3 Å². The molecule has 1 aliphatic rings. The summed E-state index contributed by atoms with van der Waals surface area (Å²) in [6.07, 6.45) is 0. The molecule has 2 aromatic carbocycles. The molecule has 0 saturated carbocycles.